The van der Waals surface area contributed by atoms with E-state index in [2.05, 4.69) is 5.32 Å². The molecule has 124 valence electrons. The van der Waals surface area contributed by atoms with Gasteiger partial charge >= 0.3 is 5.97 Å². The van der Waals surface area contributed by atoms with Crippen molar-refractivity contribution in [2.75, 3.05) is 0 Å². The normalized spacial score (nSPS) is 12.4. The van der Waals surface area contributed by atoms with Crippen LogP contribution >= 0.6 is 0 Å². The summed E-state index contributed by atoms with van der Waals surface area (Å²) in [7, 11) is 0. The third kappa shape index (κ3) is 3.25. The van der Waals surface area contributed by atoms with Crippen molar-refractivity contribution in [1.82, 2.24) is 5.32 Å². The number of furan rings is 1. The Morgan fingerprint density at radius 3 is 2.71 bits per heavy atom. The molecule has 5 heteroatoms. The van der Waals surface area contributed by atoms with Gasteiger partial charge in [0.1, 0.15) is 17.4 Å². The minimum Gasteiger partial charge on any atom is -0.480 e. The van der Waals surface area contributed by atoms with Crippen LogP contribution in [0.15, 0.2) is 46.9 Å². The Hall–Kier alpha value is -2.82. The van der Waals surface area contributed by atoms with Crippen LogP contribution < -0.4 is 5.32 Å². The Morgan fingerprint density at radius 1 is 1.17 bits per heavy atom. The number of hydrogen-bond donors (Lipinski definition) is 2. The summed E-state index contributed by atoms with van der Waals surface area (Å²) < 4.78 is 5.74. The van der Waals surface area contributed by atoms with Crippen LogP contribution in [0, 0.1) is 0 Å². The average molecular weight is 325 g/mol. The number of carboxylic acids is 1. The van der Waals surface area contributed by atoms with E-state index in [9.17, 15) is 9.59 Å². The number of amides is 1. The lowest BCUT2D eigenvalue weighted by molar-refractivity contribution is -0.142. The summed E-state index contributed by atoms with van der Waals surface area (Å²) in [5.74, 6) is -0.834. The van der Waals surface area contributed by atoms with Crippen LogP contribution in [0.5, 0.6) is 0 Å². The summed E-state index contributed by atoms with van der Waals surface area (Å²) >= 11 is 0. The third-order valence-electron chi connectivity index (χ3n) is 4.02. The van der Waals surface area contributed by atoms with Gasteiger partial charge in [0.15, 0.2) is 0 Å². The monoisotopic (exact) mass is 325 g/mol. The molecule has 1 heterocycles. The first-order valence-electron chi connectivity index (χ1n) is 8.01. The first kappa shape index (κ1) is 16.1. The van der Waals surface area contributed by atoms with Gasteiger partial charge in [-0.2, -0.15) is 0 Å². The molecule has 0 fully saturated rings. The maximum absolute atomic E-state index is 12.1. The van der Waals surface area contributed by atoms with Gasteiger partial charge in [-0.1, -0.05) is 43.7 Å². The molecule has 0 aliphatic heterocycles. The van der Waals surface area contributed by atoms with Gasteiger partial charge in [-0.3, -0.25) is 4.79 Å². The van der Waals surface area contributed by atoms with Crippen LogP contribution in [0.2, 0.25) is 0 Å². The Bertz CT molecular complexity index is 897. The third-order valence-corrected chi connectivity index (χ3v) is 4.02. The second-order valence-corrected chi connectivity index (χ2v) is 5.84. The van der Waals surface area contributed by atoms with Crippen LogP contribution in [0.3, 0.4) is 0 Å². The van der Waals surface area contributed by atoms with Crippen LogP contribution in [0.25, 0.3) is 21.7 Å². The summed E-state index contributed by atoms with van der Waals surface area (Å²) in [5.41, 5.74) is 0.722. The number of nitrogens with one attached hydrogen (secondary N) is 1. The molecule has 0 radical (unpaired) electrons. The smallest absolute Gasteiger partial charge is 0.326 e. The fourth-order valence-electron chi connectivity index (χ4n) is 2.88. The van der Waals surface area contributed by atoms with E-state index in [0.717, 1.165) is 21.7 Å². The van der Waals surface area contributed by atoms with E-state index >= 15 is 0 Å². The SMILES string of the molecule is CCCC(NC(=O)Cc1cc2c(ccc3ccccc32)o1)C(=O)O. The topological polar surface area (TPSA) is 79.5 Å². The van der Waals surface area contributed by atoms with Crippen molar-refractivity contribution in [3.05, 3.63) is 48.2 Å². The molecule has 2 N–H and O–H groups in total. The summed E-state index contributed by atoms with van der Waals surface area (Å²) in [5, 5.41) is 14.8. The molecular weight excluding hydrogens is 306 g/mol. The molecule has 24 heavy (non-hydrogen) atoms. The minimum absolute atomic E-state index is 0.0243. The van der Waals surface area contributed by atoms with Crippen molar-refractivity contribution in [3.63, 3.8) is 0 Å². The molecule has 0 saturated heterocycles. The summed E-state index contributed by atoms with van der Waals surface area (Å²) in [6.45, 7) is 1.88. The predicted molar refractivity (Wildman–Crippen MR) is 91.9 cm³/mol. The van der Waals surface area contributed by atoms with Gasteiger partial charge in [-0.15, -0.1) is 0 Å². The molecule has 0 aliphatic carbocycles. The zero-order chi connectivity index (χ0) is 17.1. The van der Waals surface area contributed by atoms with Crippen LogP contribution in [0.4, 0.5) is 0 Å². The number of fused-ring (bicyclic) bond motifs is 3. The molecule has 3 aromatic rings. The summed E-state index contributed by atoms with van der Waals surface area (Å²) in [4.78, 5) is 23.2. The maximum Gasteiger partial charge on any atom is 0.326 e. The molecule has 5 nitrogen and oxygen atoms in total. The molecule has 3 rings (SSSR count). The number of hydrogen-bond acceptors (Lipinski definition) is 3. The predicted octanol–water partition coefficient (Wildman–Crippen LogP) is 3.50. The number of carboxylic acid groups (broad SMARTS) is 1. The van der Waals surface area contributed by atoms with Crippen molar-refractivity contribution < 1.29 is 19.1 Å². The van der Waals surface area contributed by atoms with Crippen molar-refractivity contribution in [2.45, 2.75) is 32.2 Å². The molecule has 1 unspecified atom stereocenters. The average Bonchev–Trinajstić information content (AvgIpc) is 2.97. The first-order chi connectivity index (χ1) is 11.6. The second-order valence-electron chi connectivity index (χ2n) is 5.84. The zero-order valence-electron chi connectivity index (χ0n) is 13.4. The van der Waals surface area contributed by atoms with E-state index in [0.29, 0.717) is 18.6 Å². The van der Waals surface area contributed by atoms with E-state index in [-0.39, 0.29) is 12.3 Å². The fraction of sp³-hybridized carbons (Fsp3) is 0.263. The lowest BCUT2D eigenvalue weighted by atomic mass is 10.1. The van der Waals surface area contributed by atoms with Crippen molar-refractivity contribution in [2.24, 2.45) is 0 Å². The summed E-state index contributed by atoms with van der Waals surface area (Å²) in [6.07, 6.45) is 1.12. The quantitative estimate of drug-likeness (QED) is 0.727. The summed E-state index contributed by atoms with van der Waals surface area (Å²) in [6, 6.07) is 12.8. The Labute approximate surface area is 139 Å². The van der Waals surface area contributed by atoms with Crippen molar-refractivity contribution >= 4 is 33.6 Å². The lowest BCUT2D eigenvalue weighted by Gasteiger charge is -2.12. The molecule has 1 amide bonds. The van der Waals surface area contributed by atoms with Crippen LogP contribution in [-0.2, 0) is 16.0 Å². The Kier molecular flexibility index (Phi) is 4.51. The van der Waals surface area contributed by atoms with Gasteiger partial charge in [-0.25, -0.2) is 4.79 Å². The van der Waals surface area contributed by atoms with Crippen molar-refractivity contribution in [3.8, 4) is 0 Å². The first-order valence-corrected chi connectivity index (χ1v) is 8.01. The zero-order valence-corrected chi connectivity index (χ0v) is 13.4. The van der Waals surface area contributed by atoms with Crippen LogP contribution in [-0.4, -0.2) is 23.0 Å². The number of carbonyl (C=O) groups is 2. The highest BCUT2D eigenvalue weighted by atomic mass is 16.4. The highest BCUT2D eigenvalue weighted by molar-refractivity contribution is 6.06. The van der Waals surface area contributed by atoms with E-state index < -0.39 is 12.0 Å². The number of carbonyl (C=O) groups excluding carboxylic acids is 1. The van der Waals surface area contributed by atoms with Gasteiger partial charge in [0, 0.05) is 5.39 Å². The minimum atomic E-state index is -1.01. The largest absolute Gasteiger partial charge is 0.480 e. The molecule has 0 spiro atoms. The van der Waals surface area contributed by atoms with E-state index in [1.165, 1.54) is 0 Å². The maximum atomic E-state index is 12.1. The van der Waals surface area contributed by atoms with Crippen molar-refractivity contribution in [1.29, 1.82) is 0 Å². The van der Waals surface area contributed by atoms with Gasteiger partial charge in [0.05, 0.1) is 6.42 Å². The van der Waals surface area contributed by atoms with Gasteiger partial charge in [-0.05, 0) is 29.3 Å². The highest BCUT2D eigenvalue weighted by Gasteiger charge is 2.20. The van der Waals surface area contributed by atoms with Gasteiger partial charge < -0.3 is 14.8 Å². The molecule has 2 aromatic carbocycles. The number of rotatable bonds is 6. The van der Waals surface area contributed by atoms with E-state index in [1.807, 2.05) is 49.4 Å². The van der Waals surface area contributed by atoms with E-state index in [4.69, 9.17) is 9.52 Å². The Morgan fingerprint density at radius 2 is 1.96 bits per heavy atom. The Balaban J connectivity index is 1.81. The molecular formula is C19H19NO4. The molecule has 0 bridgehead atoms. The molecule has 0 saturated carbocycles. The van der Waals surface area contributed by atoms with Gasteiger partial charge in [0.2, 0.25) is 5.91 Å². The molecule has 0 aliphatic rings. The highest BCUT2D eigenvalue weighted by Crippen LogP contribution is 2.28. The van der Waals surface area contributed by atoms with E-state index in [1.54, 1.807) is 0 Å². The lowest BCUT2D eigenvalue weighted by Crippen LogP contribution is -2.41. The number of aliphatic carboxylic acids is 1. The fourth-order valence-corrected chi connectivity index (χ4v) is 2.88. The standard InChI is InChI=1S/C19H19NO4/c1-2-5-16(19(22)23)20-18(21)11-13-10-15-14-7-4-3-6-12(14)8-9-17(15)24-13/h3-4,6-10,16H,2,5,11H2,1H3,(H,20,21)(H,22,23). The molecule has 1 atom stereocenters. The second kappa shape index (κ2) is 6.74. The van der Waals surface area contributed by atoms with Crippen LogP contribution in [0.1, 0.15) is 25.5 Å². The number of benzene rings is 2. The van der Waals surface area contributed by atoms with Gasteiger partial charge in [0.25, 0.3) is 0 Å². The molecule has 1 aromatic heterocycles.